The largest absolute Gasteiger partial charge is 0.490 e. The Morgan fingerprint density at radius 3 is 2.59 bits per heavy atom. The summed E-state index contributed by atoms with van der Waals surface area (Å²) in [4.78, 5) is 2.26. The minimum absolute atomic E-state index is 0.259. The molecular weight excluding hydrogens is 300 g/mol. The van der Waals surface area contributed by atoms with Gasteiger partial charge in [-0.15, -0.1) is 0 Å². The Labute approximate surface area is 130 Å². The van der Waals surface area contributed by atoms with E-state index in [2.05, 4.69) is 0 Å². The van der Waals surface area contributed by atoms with E-state index in [0.717, 1.165) is 18.0 Å². The lowest BCUT2D eigenvalue weighted by Crippen LogP contribution is -2.30. The van der Waals surface area contributed by atoms with Crippen LogP contribution in [0.5, 0.6) is 5.75 Å². The van der Waals surface area contributed by atoms with E-state index >= 15 is 0 Å². The molecule has 0 spiro atoms. The number of likely N-dealkylation sites (N-methyl/N-ethyl adjacent to an activating group) is 1. The monoisotopic (exact) mass is 318 g/mol. The first-order valence-electron chi connectivity index (χ1n) is 7.02. The summed E-state index contributed by atoms with van der Waals surface area (Å²) in [5, 5.41) is 0. The van der Waals surface area contributed by atoms with Crippen molar-refractivity contribution in [2.75, 3.05) is 36.5 Å². The second-order valence-corrected chi connectivity index (χ2v) is 7.18. The van der Waals surface area contributed by atoms with Gasteiger partial charge in [0.05, 0.1) is 22.8 Å². The zero-order valence-corrected chi connectivity index (χ0v) is 13.4. The van der Waals surface area contributed by atoms with E-state index in [4.69, 9.17) is 4.74 Å². The number of para-hydroxylation sites is 1. The minimum atomic E-state index is -3.60. The predicted octanol–water partition coefficient (Wildman–Crippen LogP) is 2.34. The topological polar surface area (TPSA) is 49.9 Å². The molecule has 0 unspecified atom stereocenters. The van der Waals surface area contributed by atoms with Gasteiger partial charge in [0.1, 0.15) is 12.4 Å². The second-order valence-electron chi connectivity index (χ2n) is 5.21. The third kappa shape index (κ3) is 2.50. The summed E-state index contributed by atoms with van der Waals surface area (Å²) in [6.45, 7) is 1.35. The van der Waals surface area contributed by atoms with Crippen LogP contribution in [-0.4, -0.2) is 35.7 Å². The van der Waals surface area contributed by atoms with Crippen LogP contribution in [0.4, 0.5) is 11.4 Å². The fraction of sp³-hybridized carbons (Fsp3) is 0.250. The van der Waals surface area contributed by atoms with Gasteiger partial charge in [-0.2, -0.15) is 0 Å². The highest BCUT2D eigenvalue weighted by molar-refractivity contribution is 7.92. The lowest BCUT2D eigenvalue weighted by molar-refractivity contribution is 0.311. The molecule has 1 aliphatic heterocycles. The summed E-state index contributed by atoms with van der Waals surface area (Å²) in [6.07, 6.45) is 0. The SMILES string of the molecule is CN1CCOc2ccc(S(=O)(=O)N(C)c3ccccc3)cc21. The Bertz CT molecular complexity index is 775. The molecule has 3 rings (SSSR count). The van der Waals surface area contributed by atoms with Crippen LogP contribution in [0, 0.1) is 0 Å². The molecule has 5 nitrogen and oxygen atoms in total. The Hall–Kier alpha value is -2.21. The van der Waals surface area contributed by atoms with Crippen LogP contribution in [0.1, 0.15) is 0 Å². The van der Waals surface area contributed by atoms with Crippen LogP contribution in [0.3, 0.4) is 0 Å². The fourth-order valence-corrected chi connectivity index (χ4v) is 3.64. The average Bonchev–Trinajstić information content (AvgIpc) is 2.55. The highest BCUT2D eigenvalue weighted by Gasteiger charge is 2.24. The molecule has 0 N–H and O–H groups in total. The molecule has 0 saturated carbocycles. The lowest BCUT2D eigenvalue weighted by Gasteiger charge is -2.28. The zero-order valence-electron chi connectivity index (χ0n) is 12.6. The van der Waals surface area contributed by atoms with Gasteiger partial charge in [-0.25, -0.2) is 8.42 Å². The maximum absolute atomic E-state index is 12.8. The number of hydrogen-bond acceptors (Lipinski definition) is 4. The van der Waals surface area contributed by atoms with E-state index in [1.54, 1.807) is 37.4 Å². The molecule has 1 aliphatic rings. The Morgan fingerprint density at radius 1 is 1.14 bits per heavy atom. The first kappa shape index (κ1) is 14.7. The number of fused-ring (bicyclic) bond motifs is 1. The molecule has 0 aromatic heterocycles. The van der Waals surface area contributed by atoms with Gasteiger partial charge in [-0.05, 0) is 30.3 Å². The van der Waals surface area contributed by atoms with Gasteiger partial charge in [0.2, 0.25) is 0 Å². The van der Waals surface area contributed by atoms with Crippen LogP contribution in [0.25, 0.3) is 0 Å². The Kier molecular flexibility index (Phi) is 3.70. The molecule has 22 heavy (non-hydrogen) atoms. The van der Waals surface area contributed by atoms with Crippen molar-refractivity contribution in [3.8, 4) is 5.75 Å². The van der Waals surface area contributed by atoms with Crippen molar-refractivity contribution >= 4 is 21.4 Å². The van der Waals surface area contributed by atoms with Crippen LogP contribution in [0.2, 0.25) is 0 Å². The first-order valence-corrected chi connectivity index (χ1v) is 8.46. The molecule has 0 atom stereocenters. The highest BCUT2D eigenvalue weighted by Crippen LogP contribution is 2.34. The van der Waals surface area contributed by atoms with Crippen molar-refractivity contribution in [3.63, 3.8) is 0 Å². The lowest BCUT2D eigenvalue weighted by atomic mass is 10.2. The fourth-order valence-electron chi connectivity index (χ4n) is 2.43. The Balaban J connectivity index is 2.01. The molecule has 0 radical (unpaired) electrons. The number of benzene rings is 2. The van der Waals surface area contributed by atoms with E-state index in [-0.39, 0.29) is 4.90 Å². The first-order chi connectivity index (χ1) is 10.5. The minimum Gasteiger partial charge on any atom is -0.490 e. The van der Waals surface area contributed by atoms with Crippen molar-refractivity contribution in [1.82, 2.24) is 0 Å². The maximum Gasteiger partial charge on any atom is 0.264 e. The van der Waals surface area contributed by atoms with Gasteiger partial charge in [0.25, 0.3) is 10.0 Å². The molecule has 2 aromatic carbocycles. The quantitative estimate of drug-likeness (QED) is 0.871. The molecule has 2 aromatic rings. The Morgan fingerprint density at radius 2 is 1.86 bits per heavy atom. The average molecular weight is 318 g/mol. The number of hydrogen-bond donors (Lipinski definition) is 0. The second kappa shape index (κ2) is 5.53. The molecule has 0 amide bonds. The summed E-state index contributed by atoms with van der Waals surface area (Å²) in [5.41, 5.74) is 1.43. The normalized spacial score (nSPS) is 14.2. The molecule has 116 valence electrons. The van der Waals surface area contributed by atoms with Crippen molar-refractivity contribution in [1.29, 1.82) is 0 Å². The molecule has 1 heterocycles. The summed E-state index contributed by atoms with van der Waals surface area (Å²) in [5.74, 6) is 0.718. The molecule has 6 heteroatoms. The molecule has 0 saturated heterocycles. The van der Waals surface area contributed by atoms with E-state index in [0.29, 0.717) is 12.3 Å². The summed E-state index contributed by atoms with van der Waals surface area (Å²) < 4.78 is 32.4. The van der Waals surface area contributed by atoms with Gasteiger partial charge in [-0.1, -0.05) is 18.2 Å². The van der Waals surface area contributed by atoms with E-state index in [1.165, 1.54) is 4.31 Å². The third-order valence-corrected chi connectivity index (χ3v) is 5.59. The van der Waals surface area contributed by atoms with Crippen molar-refractivity contribution in [2.24, 2.45) is 0 Å². The summed E-state index contributed by atoms with van der Waals surface area (Å²) >= 11 is 0. The van der Waals surface area contributed by atoms with E-state index in [1.807, 2.05) is 30.1 Å². The molecular formula is C16H18N2O3S. The van der Waals surface area contributed by atoms with Crippen molar-refractivity contribution in [2.45, 2.75) is 4.90 Å². The molecule has 0 aliphatic carbocycles. The van der Waals surface area contributed by atoms with Crippen LogP contribution in [-0.2, 0) is 10.0 Å². The van der Waals surface area contributed by atoms with Crippen LogP contribution >= 0.6 is 0 Å². The van der Waals surface area contributed by atoms with Crippen LogP contribution in [0.15, 0.2) is 53.4 Å². The van der Waals surface area contributed by atoms with Crippen molar-refractivity contribution < 1.29 is 13.2 Å². The van der Waals surface area contributed by atoms with Gasteiger partial charge < -0.3 is 9.64 Å². The van der Waals surface area contributed by atoms with E-state index < -0.39 is 10.0 Å². The van der Waals surface area contributed by atoms with Gasteiger partial charge >= 0.3 is 0 Å². The van der Waals surface area contributed by atoms with E-state index in [9.17, 15) is 8.42 Å². The van der Waals surface area contributed by atoms with Gasteiger partial charge in [0.15, 0.2) is 0 Å². The third-order valence-electron chi connectivity index (χ3n) is 3.80. The zero-order chi connectivity index (χ0) is 15.7. The van der Waals surface area contributed by atoms with Crippen molar-refractivity contribution in [3.05, 3.63) is 48.5 Å². The predicted molar refractivity (Wildman–Crippen MR) is 87.2 cm³/mol. The highest BCUT2D eigenvalue weighted by atomic mass is 32.2. The number of nitrogens with zero attached hydrogens (tertiary/aromatic N) is 2. The number of anilines is 2. The smallest absolute Gasteiger partial charge is 0.264 e. The van der Waals surface area contributed by atoms with Crippen LogP contribution < -0.4 is 13.9 Å². The molecule has 0 bridgehead atoms. The number of sulfonamides is 1. The molecule has 0 fully saturated rings. The summed E-state index contributed by atoms with van der Waals surface area (Å²) in [6, 6.07) is 14.0. The number of rotatable bonds is 3. The van der Waals surface area contributed by atoms with Gasteiger partial charge in [0, 0.05) is 14.1 Å². The standard InChI is InChI=1S/C16H18N2O3S/c1-17-10-11-21-16-9-8-14(12-15(16)17)22(19,20)18(2)13-6-4-3-5-7-13/h3-9,12H,10-11H2,1-2H3. The maximum atomic E-state index is 12.8. The van der Waals surface area contributed by atoms with Gasteiger partial charge in [-0.3, -0.25) is 4.31 Å². The summed E-state index contributed by atoms with van der Waals surface area (Å²) in [7, 11) is -0.109. The number of ether oxygens (including phenoxy) is 1.